The molecule has 0 spiro atoms. The van der Waals surface area contributed by atoms with Crippen molar-refractivity contribution in [1.82, 2.24) is 24.1 Å². The molecule has 62 heavy (non-hydrogen) atoms. The highest BCUT2D eigenvalue weighted by molar-refractivity contribution is 6.11. The molecule has 0 saturated heterocycles. The van der Waals surface area contributed by atoms with Gasteiger partial charge in [-0.05, 0) is 76.9 Å². The van der Waals surface area contributed by atoms with E-state index in [2.05, 4.69) is 173 Å². The molecule has 5 nitrogen and oxygen atoms in total. The quantitative estimate of drug-likeness (QED) is 0.162. The Morgan fingerprint density at radius 3 is 1.27 bits per heavy atom. The third-order valence-electron chi connectivity index (χ3n) is 12.0. The second kappa shape index (κ2) is 14.7. The fourth-order valence-corrected chi connectivity index (χ4v) is 9.01. The van der Waals surface area contributed by atoms with E-state index >= 15 is 0 Å². The van der Waals surface area contributed by atoms with Crippen LogP contribution in [-0.4, -0.2) is 24.1 Å². The molecule has 0 N–H and O–H groups in total. The van der Waals surface area contributed by atoms with Crippen LogP contribution in [0.4, 0.5) is 0 Å². The number of nitrogens with zero attached hydrogens (tertiary/aromatic N) is 5. The zero-order valence-electron chi connectivity index (χ0n) is 33.6. The Kier molecular flexibility index (Phi) is 8.42. The average Bonchev–Trinajstić information content (AvgIpc) is 3.87. The van der Waals surface area contributed by atoms with E-state index in [1.54, 1.807) is 0 Å². The fraction of sp³-hybridized carbons (Fsp3) is 0. The minimum atomic E-state index is 0.629. The summed E-state index contributed by atoms with van der Waals surface area (Å²) in [4.78, 5) is 15.0. The lowest BCUT2D eigenvalue weighted by atomic mass is 9.98. The maximum absolute atomic E-state index is 5.02. The van der Waals surface area contributed by atoms with Gasteiger partial charge in [-0.1, -0.05) is 170 Å². The molecule has 0 unspecified atom stereocenters. The summed E-state index contributed by atoms with van der Waals surface area (Å²) in [6, 6.07) is 79.4. The van der Waals surface area contributed by atoms with Crippen LogP contribution in [0.3, 0.4) is 0 Å². The first-order valence-corrected chi connectivity index (χ1v) is 20.9. The Balaban J connectivity index is 0.920. The lowest BCUT2D eigenvalue weighted by molar-refractivity contribution is 1.07. The predicted molar refractivity (Wildman–Crippen MR) is 256 cm³/mol. The zero-order valence-corrected chi connectivity index (χ0v) is 33.6. The lowest BCUT2D eigenvalue weighted by Gasteiger charge is -2.12. The van der Waals surface area contributed by atoms with E-state index in [1.807, 2.05) is 60.7 Å². The van der Waals surface area contributed by atoms with Gasteiger partial charge in [0.1, 0.15) is 0 Å². The highest BCUT2D eigenvalue weighted by Crippen LogP contribution is 2.38. The van der Waals surface area contributed by atoms with Crippen LogP contribution in [0.2, 0.25) is 0 Å². The first-order chi connectivity index (χ1) is 30.7. The third-order valence-corrected chi connectivity index (χ3v) is 12.0. The minimum Gasteiger partial charge on any atom is -0.309 e. The van der Waals surface area contributed by atoms with Crippen LogP contribution in [0.5, 0.6) is 0 Å². The number of aromatic nitrogens is 5. The molecule has 12 aromatic rings. The van der Waals surface area contributed by atoms with Crippen molar-refractivity contribution in [2.45, 2.75) is 0 Å². The summed E-state index contributed by atoms with van der Waals surface area (Å²) in [6.07, 6.45) is 0. The first-order valence-electron chi connectivity index (χ1n) is 20.9. The van der Waals surface area contributed by atoms with E-state index in [9.17, 15) is 0 Å². The number of rotatable bonds is 7. The number of benzene rings is 9. The summed E-state index contributed by atoms with van der Waals surface area (Å²) in [5.74, 6) is 1.92. The summed E-state index contributed by atoms with van der Waals surface area (Å²) >= 11 is 0. The maximum atomic E-state index is 5.02. The molecule has 0 saturated carbocycles. The van der Waals surface area contributed by atoms with Gasteiger partial charge in [-0.25, -0.2) is 15.0 Å². The third kappa shape index (κ3) is 6.06. The van der Waals surface area contributed by atoms with Crippen LogP contribution >= 0.6 is 0 Å². The summed E-state index contributed by atoms with van der Waals surface area (Å²) in [7, 11) is 0. The highest BCUT2D eigenvalue weighted by atomic mass is 15.0. The second-order valence-corrected chi connectivity index (χ2v) is 15.7. The summed E-state index contributed by atoms with van der Waals surface area (Å²) in [5.41, 5.74) is 14.4. The molecular formula is C57H37N5. The molecule has 9 aromatic carbocycles. The second-order valence-electron chi connectivity index (χ2n) is 15.7. The number of fused-ring (bicyclic) bond motifs is 6. The van der Waals surface area contributed by atoms with Crippen LogP contribution < -0.4 is 0 Å². The molecule has 0 aliphatic rings. The van der Waals surface area contributed by atoms with Crippen molar-refractivity contribution in [3.05, 3.63) is 224 Å². The lowest BCUT2D eigenvalue weighted by Crippen LogP contribution is -2.01. The Labute approximate surface area is 358 Å². The first kappa shape index (κ1) is 35.5. The molecule has 12 rings (SSSR count). The molecule has 0 aliphatic heterocycles. The SMILES string of the molecule is c1ccc(-c2nc(-c3ccccc3)nc(-c3cccc(-n4c5ccccc5c5cc(-c6ccc(-c7ccc8c9ccccc9n(-c9ccccc9)c8c7)cc6)ccc54)c3)n2)cc1. The van der Waals surface area contributed by atoms with Gasteiger partial charge in [0.05, 0.1) is 22.1 Å². The predicted octanol–water partition coefficient (Wildman–Crippen LogP) is 14.4. The van der Waals surface area contributed by atoms with Gasteiger partial charge in [0.2, 0.25) is 0 Å². The molecule has 0 radical (unpaired) electrons. The molecule has 0 amide bonds. The smallest absolute Gasteiger partial charge is 0.164 e. The topological polar surface area (TPSA) is 48.5 Å². The van der Waals surface area contributed by atoms with E-state index < -0.39 is 0 Å². The molecular weight excluding hydrogens is 755 g/mol. The minimum absolute atomic E-state index is 0.629. The van der Waals surface area contributed by atoms with E-state index in [0.29, 0.717) is 17.5 Å². The Morgan fingerprint density at radius 2 is 0.645 bits per heavy atom. The molecule has 5 heteroatoms. The molecule has 3 heterocycles. The number of para-hydroxylation sites is 3. The molecule has 0 fully saturated rings. The van der Waals surface area contributed by atoms with Crippen molar-refractivity contribution in [3.63, 3.8) is 0 Å². The van der Waals surface area contributed by atoms with Gasteiger partial charge in [-0.15, -0.1) is 0 Å². The van der Waals surface area contributed by atoms with Gasteiger partial charge in [0.25, 0.3) is 0 Å². The molecule has 290 valence electrons. The van der Waals surface area contributed by atoms with Gasteiger partial charge in [0.15, 0.2) is 17.5 Å². The molecule has 0 atom stereocenters. The number of hydrogen-bond donors (Lipinski definition) is 0. The average molecular weight is 792 g/mol. The fourth-order valence-electron chi connectivity index (χ4n) is 9.01. The van der Waals surface area contributed by atoms with Gasteiger partial charge >= 0.3 is 0 Å². The van der Waals surface area contributed by atoms with E-state index in [-0.39, 0.29) is 0 Å². The Hall–Kier alpha value is -8.41. The van der Waals surface area contributed by atoms with Gasteiger partial charge in [0, 0.05) is 49.6 Å². The van der Waals surface area contributed by atoms with E-state index in [4.69, 9.17) is 15.0 Å². The molecule has 0 bridgehead atoms. The number of hydrogen-bond acceptors (Lipinski definition) is 3. The highest BCUT2D eigenvalue weighted by Gasteiger charge is 2.17. The van der Waals surface area contributed by atoms with Gasteiger partial charge in [-0.3, -0.25) is 0 Å². The Morgan fingerprint density at radius 1 is 0.226 bits per heavy atom. The van der Waals surface area contributed by atoms with Crippen LogP contribution in [0, 0.1) is 0 Å². The molecule has 0 aliphatic carbocycles. The molecule has 3 aromatic heterocycles. The zero-order chi connectivity index (χ0) is 41.0. The van der Waals surface area contributed by atoms with Crippen molar-refractivity contribution < 1.29 is 0 Å². The van der Waals surface area contributed by atoms with Crippen LogP contribution in [0.1, 0.15) is 0 Å². The monoisotopic (exact) mass is 791 g/mol. The Bertz CT molecular complexity index is 3550. The van der Waals surface area contributed by atoms with Crippen molar-refractivity contribution in [2.75, 3.05) is 0 Å². The van der Waals surface area contributed by atoms with Crippen LogP contribution in [0.25, 0.3) is 111 Å². The van der Waals surface area contributed by atoms with Gasteiger partial charge < -0.3 is 9.13 Å². The maximum Gasteiger partial charge on any atom is 0.164 e. The van der Waals surface area contributed by atoms with E-state index in [1.165, 1.54) is 54.8 Å². The normalized spacial score (nSPS) is 11.5. The van der Waals surface area contributed by atoms with Crippen molar-refractivity contribution >= 4 is 43.6 Å². The summed E-state index contributed by atoms with van der Waals surface area (Å²) < 4.78 is 4.73. The standard InChI is InChI=1S/C57H37N5/c1-4-15-40(16-5-1)55-58-56(41-17-6-2-7-18-41)60-57(59-55)44-19-14-22-46(35-44)62-52-26-13-11-24-48(52)50-36-42(32-34-53(50)62)38-27-29-39(30-28-38)43-31-33-49-47-23-10-12-25-51(47)61(54(49)37-43)45-20-8-3-9-21-45/h1-37H. The van der Waals surface area contributed by atoms with Crippen molar-refractivity contribution in [1.29, 1.82) is 0 Å². The summed E-state index contributed by atoms with van der Waals surface area (Å²) in [5, 5.41) is 4.91. The van der Waals surface area contributed by atoms with Crippen LogP contribution in [0.15, 0.2) is 224 Å². The summed E-state index contributed by atoms with van der Waals surface area (Å²) in [6.45, 7) is 0. The van der Waals surface area contributed by atoms with Crippen molar-refractivity contribution in [2.24, 2.45) is 0 Å². The van der Waals surface area contributed by atoms with Crippen molar-refractivity contribution in [3.8, 4) is 67.8 Å². The van der Waals surface area contributed by atoms with E-state index in [0.717, 1.165) is 39.1 Å². The van der Waals surface area contributed by atoms with Gasteiger partial charge in [-0.2, -0.15) is 0 Å². The van der Waals surface area contributed by atoms with Crippen LogP contribution in [-0.2, 0) is 0 Å². The largest absolute Gasteiger partial charge is 0.309 e.